The lowest BCUT2D eigenvalue weighted by Gasteiger charge is -2.12. The van der Waals surface area contributed by atoms with Crippen molar-refractivity contribution in [2.24, 2.45) is 7.05 Å². The van der Waals surface area contributed by atoms with Crippen molar-refractivity contribution in [2.75, 3.05) is 0 Å². The molecule has 4 heterocycles. The minimum absolute atomic E-state index is 0. The maximum absolute atomic E-state index is 2.39. The van der Waals surface area contributed by atoms with Crippen LogP contribution in [0.2, 0.25) is 0 Å². The van der Waals surface area contributed by atoms with Crippen LogP contribution in [-0.2, 0) is 7.05 Å². The van der Waals surface area contributed by atoms with Crippen molar-refractivity contribution in [2.45, 2.75) is 22.3 Å². The maximum atomic E-state index is 2.39. The van der Waals surface area contributed by atoms with Crippen LogP contribution in [-0.4, -0.2) is 18.3 Å². The SMILES string of the molecule is C.C.C.Cn1c2ccccc2c2c3ccccc3n(-c3ccccc3)c21.c1ccc(-n2c3ccccc3c3c4ccccc4n(-c4ccccc4)c32)cc1. The maximum Gasteiger partial charge on any atom is 0.131 e. The number of fused-ring (bicyclic) bond motifs is 10. The van der Waals surface area contributed by atoms with Crippen molar-refractivity contribution >= 4 is 65.7 Å². The van der Waals surface area contributed by atoms with Gasteiger partial charge in [0.1, 0.15) is 11.3 Å². The molecule has 0 saturated carbocycles. The summed E-state index contributed by atoms with van der Waals surface area (Å²) in [5, 5.41) is 7.83. The number of rotatable bonds is 3. The highest BCUT2D eigenvalue weighted by Gasteiger charge is 2.22. The van der Waals surface area contributed by atoms with E-state index in [1.807, 2.05) is 0 Å². The molecule has 0 bridgehead atoms. The summed E-state index contributed by atoms with van der Waals surface area (Å²) in [6, 6.07) is 66.6. The number of benzene rings is 7. The Hall–Kier alpha value is -6.78. The van der Waals surface area contributed by atoms with E-state index in [4.69, 9.17) is 0 Å². The molecule has 7 aromatic carbocycles. The topological polar surface area (TPSA) is 19.7 Å². The molecule has 0 aliphatic rings. The van der Waals surface area contributed by atoms with Crippen molar-refractivity contribution in [3.05, 3.63) is 188 Å². The minimum Gasteiger partial charge on any atom is -0.329 e. The van der Waals surface area contributed by atoms with Crippen LogP contribution in [0.4, 0.5) is 0 Å². The van der Waals surface area contributed by atoms with E-state index in [0.717, 1.165) is 0 Å². The molecular formula is C50H46N4. The lowest BCUT2D eigenvalue weighted by atomic mass is 10.1. The Labute approximate surface area is 317 Å². The highest BCUT2D eigenvalue weighted by molar-refractivity contribution is 6.23. The molecule has 4 nitrogen and oxygen atoms in total. The summed E-state index contributed by atoms with van der Waals surface area (Å²) in [5.41, 5.74) is 11.0. The fourth-order valence-corrected chi connectivity index (χ4v) is 8.11. The standard InChI is InChI=1S/C26H18N2.C21H16N2.3CH4/c1-3-11-19(12-4-1)27-23-17-9-7-15-21(23)25-22-16-8-10-18-24(22)28(26(25)27)20-13-5-2-6-14-20;1-22-18-13-7-5-11-16(18)20-17-12-6-8-14-19(17)23(21(20)22)15-9-3-2-4-10-15;;;/h1-18H;2-14H,1H3;3*1H4. The second kappa shape index (κ2) is 14.3. The number of nitrogens with zero attached hydrogens (tertiary/aromatic N) is 4. The molecule has 11 aromatic rings. The minimum atomic E-state index is 0. The molecule has 0 radical (unpaired) electrons. The smallest absolute Gasteiger partial charge is 0.131 e. The molecule has 266 valence electrons. The first-order chi connectivity index (χ1) is 25.3. The summed E-state index contributed by atoms with van der Waals surface area (Å²) >= 11 is 0. The molecule has 0 spiro atoms. The van der Waals surface area contributed by atoms with Gasteiger partial charge in [0.2, 0.25) is 0 Å². The van der Waals surface area contributed by atoms with Crippen molar-refractivity contribution in [3.63, 3.8) is 0 Å². The fraction of sp³-hybridized carbons (Fsp3) is 0.0800. The van der Waals surface area contributed by atoms with Crippen LogP contribution < -0.4 is 0 Å². The summed E-state index contributed by atoms with van der Waals surface area (Å²) in [6.07, 6.45) is 0. The van der Waals surface area contributed by atoms with Gasteiger partial charge in [0, 0.05) is 56.4 Å². The van der Waals surface area contributed by atoms with Gasteiger partial charge < -0.3 is 4.57 Å². The van der Waals surface area contributed by atoms with Gasteiger partial charge in [0.15, 0.2) is 0 Å². The van der Waals surface area contributed by atoms with Crippen LogP contribution in [0.5, 0.6) is 0 Å². The van der Waals surface area contributed by atoms with E-state index in [2.05, 4.69) is 213 Å². The highest BCUT2D eigenvalue weighted by Crippen LogP contribution is 2.41. The van der Waals surface area contributed by atoms with Crippen molar-refractivity contribution in [1.82, 2.24) is 18.3 Å². The molecule has 0 N–H and O–H groups in total. The fourth-order valence-electron chi connectivity index (χ4n) is 8.11. The molecule has 4 heteroatoms. The monoisotopic (exact) mass is 702 g/mol. The third-order valence-corrected chi connectivity index (χ3v) is 10.2. The van der Waals surface area contributed by atoms with Crippen molar-refractivity contribution in [1.29, 1.82) is 0 Å². The number of aryl methyl sites for hydroxylation is 1. The zero-order valence-electron chi connectivity index (χ0n) is 28.2. The van der Waals surface area contributed by atoms with Gasteiger partial charge in [-0.1, -0.05) is 150 Å². The second-order valence-electron chi connectivity index (χ2n) is 13.0. The molecule has 0 fully saturated rings. The average Bonchev–Trinajstić information content (AvgIpc) is 3.91. The van der Waals surface area contributed by atoms with Gasteiger partial charge in [0.05, 0.1) is 22.1 Å². The van der Waals surface area contributed by atoms with Gasteiger partial charge in [-0.05, 0) is 60.7 Å². The van der Waals surface area contributed by atoms with Crippen LogP contribution in [0.3, 0.4) is 0 Å². The summed E-state index contributed by atoms with van der Waals surface area (Å²) in [4.78, 5) is 0. The predicted molar refractivity (Wildman–Crippen MR) is 235 cm³/mol. The highest BCUT2D eigenvalue weighted by atomic mass is 15.1. The second-order valence-corrected chi connectivity index (χ2v) is 13.0. The van der Waals surface area contributed by atoms with E-state index < -0.39 is 0 Å². The molecule has 54 heavy (non-hydrogen) atoms. The van der Waals surface area contributed by atoms with E-state index in [1.54, 1.807) is 0 Å². The number of hydrogen-bond donors (Lipinski definition) is 0. The van der Waals surface area contributed by atoms with Gasteiger partial charge in [0.25, 0.3) is 0 Å². The van der Waals surface area contributed by atoms with E-state index >= 15 is 0 Å². The Balaban J connectivity index is 0.000000161. The third kappa shape index (κ3) is 5.30. The quantitative estimate of drug-likeness (QED) is 0.175. The van der Waals surface area contributed by atoms with Gasteiger partial charge >= 0.3 is 0 Å². The Morgan fingerprint density at radius 1 is 0.278 bits per heavy atom. The Morgan fingerprint density at radius 2 is 0.537 bits per heavy atom. The molecule has 0 atom stereocenters. The third-order valence-electron chi connectivity index (χ3n) is 10.2. The summed E-state index contributed by atoms with van der Waals surface area (Å²) in [7, 11) is 2.16. The Kier molecular flexibility index (Phi) is 9.45. The lowest BCUT2D eigenvalue weighted by molar-refractivity contribution is 0.962. The zero-order valence-corrected chi connectivity index (χ0v) is 28.2. The molecule has 4 aromatic heterocycles. The summed E-state index contributed by atoms with van der Waals surface area (Å²) in [5.74, 6) is 0. The largest absolute Gasteiger partial charge is 0.329 e. The van der Waals surface area contributed by atoms with Crippen molar-refractivity contribution in [3.8, 4) is 17.1 Å². The summed E-state index contributed by atoms with van der Waals surface area (Å²) in [6.45, 7) is 0. The molecule has 0 aliphatic carbocycles. The molecule has 0 amide bonds. The first kappa shape index (κ1) is 35.6. The molecular weight excluding hydrogens is 657 g/mol. The Morgan fingerprint density at radius 3 is 0.907 bits per heavy atom. The molecule has 0 unspecified atom stereocenters. The van der Waals surface area contributed by atoms with Gasteiger partial charge in [-0.15, -0.1) is 0 Å². The van der Waals surface area contributed by atoms with Crippen molar-refractivity contribution < 1.29 is 0 Å². The number of aromatic nitrogens is 4. The van der Waals surface area contributed by atoms with E-state index in [9.17, 15) is 0 Å². The average molecular weight is 703 g/mol. The predicted octanol–water partition coefficient (Wildman–Crippen LogP) is 13.9. The number of hydrogen-bond acceptors (Lipinski definition) is 0. The van der Waals surface area contributed by atoms with Gasteiger partial charge in [-0.2, -0.15) is 0 Å². The number of para-hydroxylation sites is 7. The van der Waals surface area contributed by atoms with Gasteiger partial charge in [-0.3, -0.25) is 13.7 Å². The molecule has 11 rings (SSSR count). The van der Waals surface area contributed by atoms with Gasteiger partial charge in [-0.25, -0.2) is 0 Å². The van der Waals surface area contributed by atoms with Crippen LogP contribution >= 0.6 is 0 Å². The van der Waals surface area contributed by atoms with Crippen LogP contribution in [0, 0.1) is 0 Å². The first-order valence-corrected chi connectivity index (χ1v) is 17.4. The van der Waals surface area contributed by atoms with E-state index in [-0.39, 0.29) is 22.3 Å². The normalized spacial score (nSPS) is 11.0. The zero-order chi connectivity index (χ0) is 33.9. The van der Waals surface area contributed by atoms with E-state index in [0.29, 0.717) is 0 Å². The van der Waals surface area contributed by atoms with Crippen LogP contribution in [0.15, 0.2) is 188 Å². The van der Waals surface area contributed by atoms with E-state index in [1.165, 1.54) is 82.7 Å². The lowest BCUT2D eigenvalue weighted by Crippen LogP contribution is -2.01. The van der Waals surface area contributed by atoms with Crippen LogP contribution in [0.25, 0.3) is 82.7 Å². The summed E-state index contributed by atoms with van der Waals surface area (Å²) < 4.78 is 9.44. The Bertz CT molecular complexity index is 2900. The molecule has 0 saturated heterocycles. The van der Waals surface area contributed by atoms with Crippen LogP contribution in [0.1, 0.15) is 22.3 Å². The first-order valence-electron chi connectivity index (χ1n) is 17.4. The molecule has 0 aliphatic heterocycles.